The fourth-order valence-corrected chi connectivity index (χ4v) is 3.08. The van der Waals surface area contributed by atoms with E-state index >= 15 is 0 Å². The van der Waals surface area contributed by atoms with Crippen LogP contribution in [0, 0.1) is 0 Å². The normalized spacial score (nSPS) is 12.1. The van der Waals surface area contributed by atoms with Gasteiger partial charge in [0.1, 0.15) is 11.3 Å². The first-order chi connectivity index (χ1) is 13.5. The molecule has 0 amide bonds. The number of phenols is 1. The maximum Gasteiger partial charge on any atom is 0.336 e. The van der Waals surface area contributed by atoms with Crippen molar-refractivity contribution in [3.63, 3.8) is 0 Å². The van der Waals surface area contributed by atoms with Crippen LogP contribution in [0.25, 0.3) is 11.0 Å². The SMILES string of the molecule is CCOc1ccc([C@H](C)NCc2cc(=O)oc3cc(O)ccc23)cc1OCC. The standard InChI is InChI=1S/C22H25NO5/c1-4-26-19-9-6-15(10-21(19)27-5-2)14(3)23-13-16-11-22(25)28-20-12-17(24)7-8-18(16)20/h6-12,14,23-24H,4-5,13H2,1-3H3/t14-/m0/s1. The Morgan fingerprint density at radius 3 is 2.54 bits per heavy atom. The van der Waals surface area contributed by atoms with E-state index in [4.69, 9.17) is 13.9 Å². The molecule has 1 aromatic heterocycles. The van der Waals surface area contributed by atoms with Gasteiger partial charge >= 0.3 is 5.63 Å². The van der Waals surface area contributed by atoms with Gasteiger partial charge < -0.3 is 24.3 Å². The van der Waals surface area contributed by atoms with Gasteiger partial charge in [0.05, 0.1) is 13.2 Å². The quantitative estimate of drug-likeness (QED) is 0.569. The predicted molar refractivity (Wildman–Crippen MR) is 108 cm³/mol. The third-order valence-electron chi connectivity index (χ3n) is 4.48. The molecule has 1 heterocycles. The number of rotatable bonds is 8. The van der Waals surface area contributed by atoms with Gasteiger partial charge in [0, 0.05) is 30.1 Å². The Hall–Kier alpha value is -2.99. The van der Waals surface area contributed by atoms with E-state index in [2.05, 4.69) is 5.32 Å². The van der Waals surface area contributed by atoms with E-state index in [1.54, 1.807) is 12.1 Å². The number of benzene rings is 2. The van der Waals surface area contributed by atoms with Crippen molar-refractivity contribution in [2.75, 3.05) is 13.2 Å². The summed E-state index contributed by atoms with van der Waals surface area (Å²) in [5.41, 5.74) is 1.80. The number of aromatic hydroxyl groups is 1. The molecule has 3 aromatic rings. The van der Waals surface area contributed by atoms with Crippen molar-refractivity contribution in [3.05, 3.63) is 64.0 Å². The number of ether oxygens (including phenoxy) is 2. The number of nitrogens with one attached hydrogen (secondary N) is 1. The van der Waals surface area contributed by atoms with Gasteiger partial charge in [-0.25, -0.2) is 4.79 Å². The lowest BCUT2D eigenvalue weighted by molar-refractivity contribution is 0.287. The van der Waals surface area contributed by atoms with E-state index in [1.807, 2.05) is 39.0 Å². The van der Waals surface area contributed by atoms with Gasteiger partial charge in [-0.1, -0.05) is 6.07 Å². The first-order valence-corrected chi connectivity index (χ1v) is 9.40. The molecule has 148 valence electrons. The molecular formula is C22H25NO5. The molecule has 0 fully saturated rings. The van der Waals surface area contributed by atoms with Crippen LogP contribution < -0.4 is 20.4 Å². The van der Waals surface area contributed by atoms with Crippen LogP contribution in [0.2, 0.25) is 0 Å². The minimum atomic E-state index is -0.442. The zero-order valence-electron chi connectivity index (χ0n) is 16.3. The number of fused-ring (bicyclic) bond motifs is 1. The van der Waals surface area contributed by atoms with Crippen LogP contribution in [0.3, 0.4) is 0 Å². The molecule has 6 heteroatoms. The van der Waals surface area contributed by atoms with Gasteiger partial charge in [-0.15, -0.1) is 0 Å². The van der Waals surface area contributed by atoms with Crippen LogP contribution in [0.1, 0.15) is 37.9 Å². The summed E-state index contributed by atoms with van der Waals surface area (Å²) < 4.78 is 16.5. The summed E-state index contributed by atoms with van der Waals surface area (Å²) >= 11 is 0. The molecule has 2 aromatic carbocycles. The summed E-state index contributed by atoms with van der Waals surface area (Å²) in [5, 5.41) is 13.8. The molecule has 0 saturated heterocycles. The average Bonchev–Trinajstić information content (AvgIpc) is 2.67. The Balaban J connectivity index is 1.81. The molecule has 0 spiro atoms. The van der Waals surface area contributed by atoms with Crippen molar-refractivity contribution < 1.29 is 19.0 Å². The summed E-state index contributed by atoms with van der Waals surface area (Å²) in [6.45, 7) is 7.54. The predicted octanol–water partition coefficient (Wildman–Crippen LogP) is 4.15. The van der Waals surface area contributed by atoms with Gasteiger partial charge in [0.25, 0.3) is 0 Å². The van der Waals surface area contributed by atoms with Gasteiger partial charge in [-0.05, 0) is 56.2 Å². The number of hydrogen-bond donors (Lipinski definition) is 2. The Bertz CT molecular complexity index is 1010. The molecule has 0 aliphatic rings. The molecule has 28 heavy (non-hydrogen) atoms. The van der Waals surface area contributed by atoms with Crippen molar-refractivity contribution >= 4 is 11.0 Å². The zero-order chi connectivity index (χ0) is 20.1. The molecule has 2 N–H and O–H groups in total. The maximum atomic E-state index is 11.8. The van der Waals surface area contributed by atoms with Gasteiger partial charge in [-0.2, -0.15) is 0 Å². The number of hydrogen-bond acceptors (Lipinski definition) is 6. The molecule has 0 bridgehead atoms. The van der Waals surface area contributed by atoms with E-state index < -0.39 is 5.63 Å². The Kier molecular flexibility index (Phi) is 6.21. The highest BCUT2D eigenvalue weighted by atomic mass is 16.5. The Morgan fingerprint density at radius 2 is 1.79 bits per heavy atom. The fourth-order valence-electron chi connectivity index (χ4n) is 3.08. The third kappa shape index (κ3) is 4.46. The lowest BCUT2D eigenvalue weighted by Gasteiger charge is -2.18. The fraction of sp³-hybridized carbons (Fsp3) is 0.318. The molecule has 0 radical (unpaired) electrons. The molecule has 0 aliphatic carbocycles. The molecule has 6 nitrogen and oxygen atoms in total. The highest BCUT2D eigenvalue weighted by Crippen LogP contribution is 2.31. The summed E-state index contributed by atoms with van der Waals surface area (Å²) in [4.78, 5) is 11.8. The van der Waals surface area contributed by atoms with Crippen LogP contribution in [0.15, 0.2) is 51.7 Å². The van der Waals surface area contributed by atoms with Gasteiger partial charge in [-0.3, -0.25) is 0 Å². The number of phenolic OH excluding ortho intramolecular Hbond substituents is 1. The second-order valence-corrected chi connectivity index (χ2v) is 6.45. The molecule has 0 aliphatic heterocycles. The average molecular weight is 383 g/mol. The van der Waals surface area contributed by atoms with Crippen molar-refractivity contribution in [1.29, 1.82) is 0 Å². The van der Waals surface area contributed by atoms with E-state index in [1.165, 1.54) is 12.1 Å². The smallest absolute Gasteiger partial charge is 0.336 e. The van der Waals surface area contributed by atoms with E-state index in [0.717, 1.165) is 28.0 Å². The minimum Gasteiger partial charge on any atom is -0.508 e. The van der Waals surface area contributed by atoms with E-state index in [0.29, 0.717) is 25.3 Å². The topological polar surface area (TPSA) is 80.9 Å². The van der Waals surface area contributed by atoms with Crippen LogP contribution >= 0.6 is 0 Å². The van der Waals surface area contributed by atoms with Crippen molar-refractivity contribution in [2.45, 2.75) is 33.4 Å². The van der Waals surface area contributed by atoms with Crippen molar-refractivity contribution in [1.82, 2.24) is 5.32 Å². The maximum absolute atomic E-state index is 11.8. The monoisotopic (exact) mass is 383 g/mol. The summed E-state index contributed by atoms with van der Waals surface area (Å²) in [7, 11) is 0. The first-order valence-electron chi connectivity index (χ1n) is 9.40. The summed E-state index contributed by atoms with van der Waals surface area (Å²) in [6.07, 6.45) is 0. The molecule has 0 unspecified atom stereocenters. The Morgan fingerprint density at radius 1 is 1.04 bits per heavy atom. The molecule has 0 saturated carbocycles. The molecule has 3 rings (SSSR count). The minimum absolute atomic E-state index is 0.0225. The highest BCUT2D eigenvalue weighted by Gasteiger charge is 2.12. The van der Waals surface area contributed by atoms with Crippen molar-refractivity contribution in [2.24, 2.45) is 0 Å². The van der Waals surface area contributed by atoms with E-state index in [9.17, 15) is 9.90 Å². The van der Waals surface area contributed by atoms with Crippen LogP contribution in [-0.2, 0) is 6.54 Å². The second-order valence-electron chi connectivity index (χ2n) is 6.45. The zero-order valence-corrected chi connectivity index (χ0v) is 16.3. The van der Waals surface area contributed by atoms with Crippen LogP contribution in [-0.4, -0.2) is 18.3 Å². The van der Waals surface area contributed by atoms with Gasteiger partial charge in [0.2, 0.25) is 0 Å². The van der Waals surface area contributed by atoms with Crippen molar-refractivity contribution in [3.8, 4) is 17.2 Å². The Labute approximate surface area is 163 Å². The van der Waals surface area contributed by atoms with Crippen LogP contribution in [0.5, 0.6) is 17.2 Å². The van der Waals surface area contributed by atoms with Crippen LogP contribution in [0.4, 0.5) is 0 Å². The summed E-state index contributed by atoms with van der Waals surface area (Å²) in [5.74, 6) is 1.51. The van der Waals surface area contributed by atoms with Gasteiger partial charge in [0.15, 0.2) is 11.5 Å². The first kappa shape index (κ1) is 19.8. The largest absolute Gasteiger partial charge is 0.508 e. The third-order valence-corrected chi connectivity index (χ3v) is 4.48. The highest BCUT2D eigenvalue weighted by molar-refractivity contribution is 5.81. The lowest BCUT2D eigenvalue weighted by Crippen LogP contribution is -2.19. The summed E-state index contributed by atoms with van der Waals surface area (Å²) in [6, 6.07) is 12.2. The second kappa shape index (κ2) is 8.80. The van der Waals surface area contributed by atoms with E-state index in [-0.39, 0.29) is 11.8 Å². The molecular weight excluding hydrogens is 358 g/mol. The molecule has 1 atom stereocenters. The lowest BCUT2D eigenvalue weighted by atomic mass is 10.1.